The maximum absolute atomic E-state index is 12.7. The van der Waals surface area contributed by atoms with E-state index in [0.29, 0.717) is 0 Å². The van der Waals surface area contributed by atoms with Crippen molar-refractivity contribution in [1.29, 1.82) is 0 Å². The fraction of sp³-hybridized carbons (Fsp3) is 0.714. The molecule has 0 aromatic heterocycles. The molecule has 1 aliphatic rings. The molecule has 146 valence electrons. The van der Waals surface area contributed by atoms with Gasteiger partial charge in [0.2, 0.25) is 0 Å². The van der Waals surface area contributed by atoms with Gasteiger partial charge >= 0.3 is 15.5 Å². The van der Waals surface area contributed by atoms with E-state index < -0.39 is 23.8 Å². The molecule has 0 bridgehead atoms. The molecule has 0 saturated heterocycles. The predicted molar refractivity (Wildman–Crippen MR) is 94.3 cm³/mol. The first-order valence-corrected chi connectivity index (χ1v) is 12.3. The van der Waals surface area contributed by atoms with Crippen molar-refractivity contribution in [1.82, 2.24) is 9.84 Å². The van der Waals surface area contributed by atoms with E-state index in [-0.39, 0.29) is 32.6 Å². The molecule has 1 heterocycles. The summed E-state index contributed by atoms with van der Waals surface area (Å²) in [5.41, 5.74) is -3.14. The van der Waals surface area contributed by atoms with Gasteiger partial charge in [-0.15, -0.1) is 0 Å². The van der Waals surface area contributed by atoms with E-state index in [1.54, 1.807) is 6.92 Å². The summed E-state index contributed by atoms with van der Waals surface area (Å²) in [6.07, 6.45) is 1.87. The lowest BCUT2D eigenvalue weighted by atomic mass is 10.0. The summed E-state index contributed by atoms with van der Waals surface area (Å²) in [7, 11) is -7.60. The minimum absolute atomic E-state index is 0.0248. The van der Waals surface area contributed by atoms with Crippen LogP contribution in [0.15, 0.2) is 23.0 Å². The van der Waals surface area contributed by atoms with Gasteiger partial charge in [0.25, 0.3) is 0 Å². The SMILES string of the molecule is CC(CO[Si](C)(C)C(C)(C)C)C1=CN(S(=O)(=O)C(F)(F)F)NC=C1Cl. The topological polar surface area (TPSA) is 58.6 Å². The minimum atomic E-state index is -5.55. The van der Waals surface area contributed by atoms with Crippen LogP contribution in [0.3, 0.4) is 0 Å². The van der Waals surface area contributed by atoms with Crippen LogP contribution < -0.4 is 5.43 Å². The van der Waals surface area contributed by atoms with Crippen molar-refractivity contribution < 1.29 is 26.0 Å². The number of hydrogen-bond donors (Lipinski definition) is 1. The van der Waals surface area contributed by atoms with Crippen molar-refractivity contribution in [2.75, 3.05) is 6.61 Å². The van der Waals surface area contributed by atoms with Crippen LogP contribution in [-0.4, -0.2) is 33.3 Å². The van der Waals surface area contributed by atoms with Gasteiger partial charge in [-0.3, -0.25) is 5.43 Å². The Hall–Kier alpha value is -0.713. The number of nitrogens with zero attached hydrogens (tertiary/aromatic N) is 1. The third kappa shape index (κ3) is 4.93. The Morgan fingerprint density at radius 3 is 2.28 bits per heavy atom. The van der Waals surface area contributed by atoms with Crippen molar-refractivity contribution in [3.8, 4) is 0 Å². The average molecular weight is 421 g/mol. The Labute approximate surface area is 153 Å². The summed E-state index contributed by atoms with van der Waals surface area (Å²) < 4.78 is 67.2. The first-order chi connectivity index (χ1) is 11.0. The van der Waals surface area contributed by atoms with Gasteiger partial charge in [0.1, 0.15) is 0 Å². The first kappa shape index (κ1) is 22.3. The Morgan fingerprint density at radius 2 is 1.84 bits per heavy atom. The van der Waals surface area contributed by atoms with Gasteiger partial charge in [-0.2, -0.15) is 26.0 Å². The second kappa shape index (κ2) is 7.13. The molecule has 25 heavy (non-hydrogen) atoms. The summed E-state index contributed by atoms with van der Waals surface area (Å²) in [6.45, 7) is 12.3. The van der Waals surface area contributed by atoms with E-state index in [1.807, 2.05) is 18.5 Å². The van der Waals surface area contributed by atoms with Crippen LogP contribution >= 0.6 is 11.6 Å². The highest BCUT2D eigenvalue weighted by Gasteiger charge is 2.50. The maximum atomic E-state index is 12.7. The third-order valence-electron chi connectivity index (χ3n) is 4.43. The molecular formula is C14H24ClF3N2O3SSi. The number of hydrogen-bond acceptors (Lipinski definition) is 4. The van der Waals surface area contributed by atoms with Crippen molar-refractivity contribution in [2.24, 2.45) is 5.92 Å². The Kier molecular flexibility index (Phi) is 6.36. The second-order valence-electron chi connectivity index (χ2n) is 7.42. The highest BCUT2D eigenvalue weighted by Crippen LogP contribution is 2.38. The van der Waals surface area contributed by atoms with Gasteiger partial charge in [0.05, 0.1) is 5.03 Å². The van der Waals surface area contributed by atoms with Crippen LogP contribution in [0.2, 0.25) is 18.1 Å². The van der Waals surface area contributed by atoms with Crippen LogP contribution in [0, 0.1) is 5.92 Å². The summed E-state index contributed by atoms with van der Waals surface area (Å²) in [5.74, 6) is -0.383. The number of hydrazine groups is 1. The molecule has 0 aliphatic carbocycles. The molecule has 1 N–H and O–H groups in total. The molecule has 1 aliphatic heterocycles. The van der Waals surface area contributed by atoms with Gasteiger partial charge < -0.3 is 4.43 Å². The normalized spacial score (nSPS) is 18.4. The number of alkyl halides is 3. The highest BCUT2D eigenvalue weighted by molar-refractivity contribution is 7.90. The highest BCUT2D eigenvalue weighted by atomic mass is 35.5. The standard InChI is InChI=1S/C14H24ClF3N2O3SSi/c1-10(9-23-25(5,6)13(2,3)4)11-8-20(19-7-12(11)15)24(21,22)14(16,17)18/h7-8,10,19H,9H2,1-6H3. The smallest absolute Gasteiger partial charge is 0.416 e. The zero-order chi connectivity index (χ0) is 19.8. The molecule has 1 unspecified atom stereocenters. The molecule has 1 rings (SSSR count). The molecule has 0 aromatic carbocycles. The van der Waals surface area contributed by atoms with E-state index in [0.717, 1.165) is 12.4 Å². The van der Waals surface area contributed by atoms with E-state index in [9.17, 15) is 21.6 Å². The van der Waals surface area contributed by atoms with Crippen LogP contribution in [0.4, 0.5) is 13.2 Å². The maximum Gasteiger partial charge on any atom is 0.518 e. The lowest BCUT2D eigenvalue weighted by molar-refractivity contribution is -0.0485. The fourth-order valence-electron chi connectivity index (χ4n) is 1.68. The average Bonchev–Trinajstić information content (AvgIpc) is 2.42. The van der Waals surface area contributed by atoms with Crippen LogP contribution in [0.1, 0.15) is 27.7 Å². The third-order valence-corrected chi connectivity index (χ3v) is 10.6. The van der Waals surface area contributed by atoms with E-state index >= 15 is 0 Å². The molecule has 0 spiro atoms. The quantitative estimate of drug-likeness (QED) is 0.674. The second-order valence-corrected chi connectivity index (χ2v) is 14.4. The largest absolute Gasteiger partial charge is 0.518 e. The number of halogens is 4. The van der Waals surface area contributed by atoms with Crippen molar-refractivity contribution in [3.05, 3.63) is 23.0 Å². The van der Waals surface area contributed by atoms with Crippen LogP contribution in [0.25, 0.3) is 0 Å². The van der Waals surface area contributed by atoms with E-state index in [4.69, 9.17) is 16.0 Å². The molecule has 0 aromatic rings. The summed E-state index contributed by atoms with van der Waals surface area (Å²) in [5, 5.41) is 0.112. The molecule has 0 amide bonds. The zero-order valence-corrected chi connectivity index (χ0v) is 17.6. The van der Waals surface area contributed by atoms with Crippen molar-refractivity contribution in [3.63, 3.8) is 0 Å². The predicted octanol–water partition coefficient (Wildman–Crippen LogP) is 4.28. The summed E-state index contributed by atoms with van der Waals surface area (Å²) in [6, 6.07) is 0. The zero-order valence-electron chi connectivity index (χ0n) is 15.0. The molecule has 1 atom stereocenters. The van der Waals surface area contributed by atoms with Crippen LogP contribution in [-0.2, 0) is 14.4 Å². The van der Waals surface area contributed by atoms with Gasteiger partial charge in [0.15, 0.2) is 8.32 Å². The van der Waals surface area contributed by atoms with Crippen molar-refractivity contribution >= 4 is 29.9 Å². The van der Waals surface area contributed by atoms with E-state index in [1.165, 1.54) is 0 Å². The first-order valence-electron chi connectivity index (χ1n) is 7.59. The fourth-order valence-corrected chi connectivity index (χ4v) is 3.73. The van der Waals surface area contributed by atoms with E-state index in [2.05, 4.69) is 20.8 Å². The lowest BCUT2D eigenvalue weighted by Crippen LogP contribution is -2.45. The monoisotopic (exact) mass is 420 g/mol. The van der Waals surface area contributed by atoms with Crippen molar-refractivity contribution in [2.45, 2.75) is 51.3 Å². The Balaban J connectivity index is 3.00. The van der Waals surface area contributed by atoms with Gasteiger partial charge in [-0.25, -0.2) is 0 Å². The number of allylic oxidation sites excluding steroid dienone is 1. The molecule has 5 nitrogen and oxygen atoms in total. The summed E-state index contributed by atoms with van der Waals surface area (Å²) in [4.78, 5) is 0. The van der Waals surface area contributed by atoms with Gasteiger partial charge in [-0.1, -0.05) is 39.3 Å². The molecule has 0 fully saturated rings. The van der Waals surface area contributed by atoms with Gasteiger partial charge in [-0.05, 0) is 23.7 Å². The summed E-state index contributed by atoms with van der Waals surface area (Å²) >= 11 is 6.03. The molecule has 0 radical (unpaired) electrons. The molecule has 11 heteroatoms. The Morgan fingerprint density at radius 1 is 1.32 bits per heavy atom. The molecular weight excluding hydrogens is 397 g/mol. The number of nitrogens with one attached hydrogen (secondary N) is 1. The number of rotatable bonds is 5. The lowest BCUT2D eigenvalue weighted by Gasteiger charge is -2.37. The Bertz CT molecular complexity index is 670. The number of sulfonamides is 1. The minimum Gasteiger partial charge on any atom is -0.416 e. The van der Waals surface area contributed by atoms with Gasteiger partial charge in [0, 0.05) is 24.9 Å². The van der Waals surface area contributed by atoms with Crippen LogP contribution in [0.5, 0.6) is 0 Å². The molecule has 0 saturated carbocycles.